The summed E-state index contributed by atoms with van der Waals surface area (Å²) >= 11 is 0. The van der Waals surface area contributed by atoms with Crippen LogP contribution in [-0.4, -0.2) is 30.2 Å². The van der Waals surface area contributed by atoms with Gasteiger partial charge in [0.1, 0.15) is 0 Å². The lowest BCUT2D eigenvalue weighted by Crippen LogP contribution is -2.49. The topological polar surface area (TPSA) is 120 Å². The van der Waals surface area contributed by atoms with E-state index in [9.17, 15) is 18.9 Å². The molecule has 2 unspecified atom stereocenters. The number of sulfonamides is 1. The molecule has 0 spiro atoms. The fourth-order valence-corrected chi connectivity index (χ4v) is 10.7. The van der Waals surface area contributed by atoms with Gasteiger partial charge in [-0.1, -0.05) is 102 Å². The Labute approximate surface area is 322 Å². The number of rotatable bonds is 10. The number of pyridine rings is 2. The Morgan fingerprint density at radius 1 is 0.685 bits per heavy atom. The molecule has 2 aromatic carbocycles. The number of hydrogen-bond acceptors (Lipinski definition) is 6. The fraction of sp³-hybridized carbons (Fsp3) is 0.391. The van der Waals surface area contributed by atoms with Crippen molar-refractivity contribution in [1.82, 2.24) is 14.7 Å². The Balaban J connectivity index is 1.13. The Hall–Kier alpha value is -4.89. The molecule has 2 heterocycles. The van der Waals surface area contributed by atoms with Crippen molar-refractivity contribution in [2.24, 2.45) is 47.3 Å². The van der Waals surface area contributed by atoms with Gasteiger partial charge in [-0.05, 0) is 96.6 Å². The van der Waals surface area contributed by atoms with Crippen molar-refractivity contribution in [3.05, 3.63) is 120 Å². The molecule has 0 aliphatic heterocycles. The predicted molar refractivity (Wildman–Crippen MR) is 218 cm³/mol. The van der Waals surface area contributed by atoms with E-state index in [-0.39, 0.29) is 29.6 Å². The van der Waals surface area contributed by atoms with Crippen molar-refractivity contribution in [2.45, 2.75) is 59.1 Å². The SMILES string of the molecule is CC1C(S(=O)(=O)NC[C@H]2CC[C@H](C)[C@@H](C)[C@@H]2/C=C/c2ccc(-c3ccccc3C#N)cn2)C[C@H](C)[C@@H](C)[C@@H]1/C=C/c1ccc(-c2ccccc2C#N)cn1. The highest BCUT2D eigenvalue weighted by atomic mass is 32.2. The van der Waals surface area contributed by atoms with Crippen molar-refractivity contribution in [3.63, 3.8) is 0 Å². The summed E-state index contributed by atoms with van der Waals surface area (Å²) in [5.74, 6) is 1.91. The largest absolute Gasteiger partial charge is 0.256 e. The third kappa shape index (κ3) is 8.57. The minimum Gasteiger partial charge on any atom is -0.256 e. The Morgan fingerprint density at radius 3 is 1.72 bits per heavy atom. The second kappa shape index (κ2) is 17.1. The molecule has 2 fully saturated rings. The van der Waals surface area contributed by atoms with Crippen LogP contribution < -0.4 is 4.72 Å². The quantitative estimate of drug-likeness (QED) is 0.173. The van der Waals surface area contributed by atoms with E-state index in [1.54, 1.807) is 12.3 Å². The number of nitrogens with one attached hydrogen (secondary N) is 1. The smallest absolute Gasteiger partial charge is 0.214 e. The predicted octanol–water partition coefficient (Wildman–Crippen LogP) is 9.80. The van der Waals surface area contributed by atoms with Gasteiger partial charge in [0.2, 0.25) is 10.0 Å². The molecule has 2 saturated carbocycles. The summed E-state index contributed by atoms with van der Waals surface area (Å²) in [5.41, 5.74) is 6.39. The van der Waals surface area contributed by atoms with E-state index in [1.165, 1.54) is 0 Å². The molecule has 1 N–H and O–H groups in total. The van der Waals surface area contributed by atoms with Crippen molar-refractivity contribution in [1.29, 1.82) is 10.5 Å². The summed E-state index contributed by atoms with van der Waals surface area (Å²) in [4.78, 5) is 9.35. The van der Waals surface area contributed by atoms with Gasteiger partial charge >= 0.3 is 0 Å². The molecule has 2 aliphatic rings. The van der Waals surface area contributed by atoms with Crippen molar-refractivity contribution < 1.29 is 8.42 Å². The highest BCUT2D eigenvalue weighted by Crippen LogP contribution is 2.43. The Morgan fingerprint density at radius 2 is 1.20 bits per heavy atom. The first-order chi connectivity index (χ1) is 26.0. The summed E-state index contributed by atoms with van der Waals surface area (Å²) < 4.78 is 31.4. The maximum Gasteiger partial charge on any atom is 0.214 e. The van der Waals surface area contributed by atoms with Crippen LogP contribution in [0.4, 0.5) is 0 Å². The highest BCUT2D eigenvalue weighted by molar-refractivity contribution is 7.90. The molecule has 7 nitrogen and oxygen atoms in total. The lowest BCUT2D eigenvalue weighted by Gasteiger charge is -2.43. The van der Waals surface area contributed by atoms with Crippen LogP contribution >= 0.6 is 0 Å². The van der Waals surface area contributed by atoms with Crippen LogP contribution in [0.5, 0.6) is 0 Å². The first-order valence-corrected chi connectivity index (χ1v) is 20.8. The maximum absolute atomic E-state index is 14.1. The third-order valence-corrected chi connectivity index (χ3v) is 14.5. The first-order valence-electron chi connectivity index (χ1n) is 19.3. The molecule has 0 amide bonds. The van der Waals surface area contributed by atoms with E-state index < -0.39 is 15.3 Å². The van der Waals surface area contributed by atoms with E-state index in [4.69, 9.17) is 0 Å². The van der Waals surface area contributed by atoms with E-state index in [2.05, 4.69) is 79.7 Å². The molecule has 0 saturated heterocycles. The number of nitriles is 2. The Kier molecular flexibility index (Phi) is 12.3. The van der Waals surface area contributed by atoms with E-state index >= 15 is 0 Å². The van der Waals surface area contributed by atoms with Crippen molar-refractivity contribution in [2.75, 3.05) is 6.54 Å². The van der Waals surface area contributed by atoms with Crippen LogP contribution in [0.3, 0.4) is 0 Å². The number of allylic oxidation sites excluding steroid dienone is 2. The van der Waals surface area contributed by atoms with E-state index in [0.29, 0.717) is 41.8 Å². The number of nitrogens with zero attached hydrogens (tertiary/aromatic N) is 4. The van der Waals surface area contributed by atoms with Crippen LogP contribution in [0, 0.1) is 70.0 Å². The van der Waals surface area contributed by atoms with Crippen LogP contribution in [0.1, 0.15) is 76.4 Å². The minimum absolute atomic E-state index is 0.0677. The maximum atomic E-state index is 14.1. The molecule has 8 heteroatoms. The minimum atomic E-state index is -3.59. The van der Waals surface area contributed by atoms with Gasteiger partial charge in [-0.2, -0.15) is 10.5 Å². The molecule has 6 rings (SSSR count). The standard InChI is InChI=1S/C46H51N5O2S/c1-30-14-15-39(43(32(30)3)23-21-41-19-17-38(28-50-41)45-13-9-7-11-36(45)26-48)29-51-54(52,53)46-24-31(2)33(4)42(34(46)5)22-20-40-18-16-37(27-49-40)44-12-8-6-10-35(44)25-47/h6-13,16-23,27-28,30-34,39,42-43,46,51H,14-15,24,29H2,1-5H3/b22-20+,23-21+/t30-,31-,32+,33+,34?,39+,42-,43-,46?/m0/s1. The summed E-state index contributed by atoms with van der Waals surface area (Å²) in [6, 6.07) is 27.5. The molecular weight excluding hydrogens is 687 g/mol. The monoisotopic (exact) mass is 737 g/mol. The van der Waals surface area contributed by atoms with Crippen molar-refractivity contribution >= 4 is 22.2 Å². The lowest BCUT2D eigenvalue weighted by molar-refractivity contribution is 0.148. The van der Waals surface area contributed by atoms with Gasteiger partial charge < -0.3 is 0 Å². The number of benzene rings is 2. The van der Waals surface area contributed by atoms with Gasteiger partial charge in [0, 0.05) is 41.2 Å². The van der Waals surface area contributed by atoms with Crippen LogP contribution in [-0.2, 0) is 10.0 Å². The lowest BCUT2D eigenvalue weighted by atomic mass is 9.68. The molecule has 2 aromatic heterocycles. The summed E-state index contributed by atoms with van der Waals surface area (Å²) in [6.45, 7) is 11.5. The fourth-order valence-electron chi connectivity index (χ4n) is 8.71. The summed E-state index contributed by atoms with van der Waals surface area (Å²) in [7, 11) is -3.59. The molecule has 9 atom stereocenters. The molecule has 0 radical (unpaired) electrons. The first kappa shape index (κ1) is 38.8. The van der Waals surface area contributed by atoms with Crippen LogP contribution in [0.2, 0.25) is 0 Å². The van der Waals surface area contributed by atoms with E-state index in [0.717, 1.165) is 46.5 Å². The molecule has 278 valence electrons. The second-order valence-electron chi connectivity index (χ2n) is 15.7. The van der Waals surface area contributed by atoms with Gasteiger partial charge in [0.25, 0.3) is 0 Å². The molecule has 4 aromatic rings. The van der Waals surface area contributed by atoms with Gasteiger partial charge in [-0.15, -0.1) is 0 Å². The zero-order valence-electron chi connectivity index (χ0n) is 31.9. The number of aromatic nitrogens is 2. The van der Waals surface area contributed by atoms with Crippen LogP contribution in [0.15, 0.2) is 97.3 Å². The normalized spacial score (nSPS) is 27.4. The number of hydrogen-bond donors (Lipinski definition) is 1. The summed E-state index contributed by atoms with van der Waals surface area (Å²) in [6.07, 6.45) is 14.8. The zero-order valence-corrected chi connectivity index (χ0v) is 32.7. The molecule has 54 heavy (non-hydrogen) atoms. The highest BCUT2D eigenvalue weighted by Gasteiger charge is 2.44. The zero-order chi connectivity index (χ0) is 38.4. The van der Waals surface area contributed by atoms with Crippen molar-refractivity contribution in [3.8, 4) is 34.4 Å². The van der Waals surface area contributed by atoms with Crippen LogP contribution in [0.25, 0.3) is 34.4 Å². The third-order valence-electron chi connectivity index (χ3n) is 12.6. The van der Waals surface area contributed by atoms with E-state index in [1.807, 2.05) is 79.0 Å². The van der Waals surface area contributed by atoms with Gasteiger partial charge in [-0.3, -0.25) is 9.97 Å². The second-order valence-corrected chi connectivity index (χ2v) is 17.7. The van der Waals surface area contributed by atoms with Gasteiger partial charge in [0.15, 0.2) is 0 Å². The molecule has 2 aliphatic carbocycles. The molecular formula is C46H51N5O2S. The average Bonchev–Trinajstić information content (AvgIpc) is 3.19. The van der Waals surface area contributed by atoms with Gasteiger partial charge in [0.05, 0.1) is 39.9 Å². The van der Waals surface area contributed by atoms with Gasteiger partial charge in [-0.25, -0.2) is 13.1 Å². The summed E-state index contributed by atoms with van der Waals surface area (Å²) in [5, 5.41) is 18.5. The Bertz CT molecular complexity index is 2160. The average molecular weight is 738 g/mol. The molecule has 0 bridgehead atoms.